The van der Waals surface area contributed by atoms with Gasteiger partial charge in [-0.2, -0.15) is 5.10 Å². The molecule has 0 saturated carbocycles. The quantitative estimate of drug-likeness (QED) is 0.936. The molecule has 4 heteroatoms. The van der Waals surface area contributed by atoms with Crippen LogP contribution >= 0.6 is 0 Å². The smallest absolute Gasteiger partial charge is 0.220 e. The zero-order chi connectivity index (χ0) is 14.8. The maximum absolute atomic E-state index is 12.2. The topological polar surface area (TPSA) is 46.9 Å². The van der Waals surface area contributed by atoms with Crippen molar-refractivity contribution in [2.24, 2.45) is 13.0 Å². The maximum Gasteiger partial charge on any atom is 0.220 e. The normalized spacial score (nSPS) is 20.3. The van der Waals surface area contributed by atoms with Crippen molar-refractivity contribution in [3.05, 3.63) is 53.3 Å². The first kappa shape index (κ1) is 13.9. The van der Waals surface area contributed by atoms with Crippen LogP contribution < -0.4 is 5.32 Å². The molecule has 1 aromatic heterocycles. The van der Waals surface area contributed by atoms with Crippen LogP contribution in [0, 0.1) is 5.92 Å². The molecule has 3 rings (SSSR count). The van der Waals surface area contributed by atoms with E-state index in [1.165, 1.54) is 11.1 Å². The minimum absolute atomic E-state index is 0.118. The molecule has 1 aliphatic rings. The van der Waals surface area contributed by atoms with Gasteiger partial charge in [0.2, 0.25) is 5.91 Å². The van der Waals surface area contributed by atoms with Gasteiger partial charge in [0.15, 0.2) is 0 Å². The Morgan fingerprint density at radius 1 is 1.43 bits per heavy atom. The molecule has 1 aliphatic carbocycles. The molecule has 2 atom stereocenters. The van der Waals surface area contributed by atoms with Crippen molar-refractivity contribution in [2.75, 3.05) is 0 Å². The Balaban J connectivity index is 1.60. The first-order valence-corrected chi connectivity index (χ1v) is 7.48. The fraction of sp³-hybridized carbons (Fsp3) is 0.412. The zero-order valence-corrected chi connectivity index (χ0v) is 12.5. The fourth-order valence-electron chi connectivity index (χ4n) is 3.12. The van der Waals surface area contributed by atoms with Crippen LogP contribution in [-0.2, 0) is 24.7 Å². The Morgan fingerprint density at radius 3 is 3.00 bits per heavy atom. The monoisotopic (exact) mass is 283 g/mol. The largest absolute Gasteiger partial charge is 0.349 e. The lowest BCUT2D eigenvalue weighted by Gasteiger charge is -2.18. The summed E-state index contributed by atoms with van der Waals surface area (Å²) in [5.74, 6) is 0.581. The van der Waals surface area contributed by atoms with Crippen LogP contribution in [0.3, 0.4) is 0 Å². The molecular formula is C17H21N3O. The minimum Gasteiger partial charge on any atom is -0.349 e. The first-order valence-electron chi connectivity index (χ1n) is 7.48. The van der Waals surface area contributed by atoms with Gasteiger partial charge in [0.25, 0.3) is 0 Å². The average Bonchev–Trinajstić information content (AvgIpc) is 3.01. The second kappa shape index (κ2) is 5.72. The molecule has 0 radical (unpaired) electrons. The van der Waals surface area contributed by atoms with Crippen LogP contribution in [-0.4, -0.2) is 15.7 Å². The molecule has 2 unspecified atom stereocenters. The Morgan fingerprint density at radius 2 is 2.24 bits per heavy atom. The number of aromatic nitrogens is 2. The molecule has 21 heavy (non-hydrogen) atoms. The number of carbonyl (C=O) groups is 1. The van der Waals surface area contributed by atoms with E-state index in [2.05, 4.69) is 35.5 Å². The number of benzene rings is 1. The Hall–Kier alpha value is -2.10. The highest BCUT2D eigenvalue weighted by molar-refractivity contribution is 5.77. The van der Waals surface area contributed by atoms with E-state index in [1.54, 1.807) is 4.68 Å². The SMILES string of the molecule is CC1Cc2ccccc2C1NC(=O)CCc1cnn(C)c1. The lowest BCUT2D eigenvalue weighted by Crippen LogP contribution is -2.30. The van der Waals surface area contributed by atoms with E-state index in [1.807, 2.05) is 25.5 Å². The van der Waals surface area contributed by atoms with Crippen molar-refractivity contribution >= 4 is 5.91 Å². The summed E-state index contributed by atoms with van der Waals surface area (Å²) in [5.41, 5.74) is 3.75. The van der Waals surface area contributed by atoms with Gasteiger partial charge in [-0.25, -0.2) is 0 Å². The number of fused-ring (bicyclic) bond motifs is 1. The molecule has 0 fully saturated rings. The number of nitrogens with zero attached hydrogens (tertiary/aromatic N) is 2. The second-order valence-corrected chi connectivity index (χ2v) is 5.95. The van der Waals surface area contributed by atoms with E-state index in [-0.39, 0.29) is 11.9 Å². The molecule has 1 heterocycles. The van der Waals surface area contributed by atoms with Crippen LogP contribution in [0.4, 0.5) is 0 Å². The van der Waals surface area contributed by atoms with Gasteiger partial charge in [0, 0.05) is 19.7 Å². The van der Waals surface area contributed by atoms with Crippen molar-refractivity contribution in [1.29, 1.82) is 0 Å². The first-order chi connectivity index (χ1) is 10.1. The summed E-state index contributed by atoms with van der Waals surface area (Å²) in [5, 5.41) is 7.32. The van der Waals surface area contributed by atoms with Gasteiger partial charge in [0.1, 0.15) is 0 Å². The summed E-state index contributed by atoms with van der Waals surface area (Å²) in [7, 11) is 1.89. The van der Waals surface area contributed by atoms with Gasteiger partial charge in [-0.05, 0) is 35.4 Å². The predicted molar refractivity (Wildman–Crippen MR) is 81.7 cm³/mol. The number of rotatable bonds is 4. The number of hydrogen-bond acceptors (Lipinski definition) is 2. The molecular weight excluding hydrogens is 262 g/mol. The van der Waals surface area contributed by atoms with Crippen LogP contribution in [0.2, 0.25) is 0 Å². The number of aryl methyl sites for hydroxylation is 2. The molecule has 1 amide bonds. The van der Waals surface area contributed by atoms with Gasteiger partial charge in [-0.1, -0.05) is 31.2 Å². The second-order valence-electron chi connectivity index (χ2n) is 5.95. The predicted octanol–water partition coefficient (Wildman–Crippen LogP) is 2.40. The summed E-state index contributed by atoms with van der Waals surface area (Å²) >= 11 is 0. The Kier molecular flexibility index (Phi) is 3.78. The van der Waals surface area contributed by atoms with Crippen molar-refractivity contribution in [2.45, 2.75) is 32.2 Å². The van der Waals surface area contributed by atoms with Crippen LogP contribution in [0.1, 0.15) is 36.1 Å². The van der Waals surface area contributed by atoms with Crippen LogP contribution in [0.15, 0.2) is 36.7 Å². The highest BCUT2D eigenvalue weighted by Gasteiger charge is 2.29. The van der Waals surface area contributed by atoms with E-state index < -0.39 is 0 Å². The fourth-order valence-corrected chi connectivity index (χ4v) is 3.12. The van der Waals surface area contributed by atoms with Gasteiger partial charge >= 0.3 is 0 Å². The molecule has 4 nitrogen and oxygen atoms in total. The molecule has 0 spiro atoms. The zero-order valence-electron chi connectivity index (χ0n) is 12.5. The third kappa shape index (κ3) is 2.99. The highest BCUT2D eigenvalue weighted by Crippen LogP contribution is 2.35. The number of nitrogens with one attached hydrogen (secondary N) is 1. The molecule has 2 aromatic rings. The lowest BCUT2D eigenvalue weighted by molar-refractivity contribution is -0.122. The van der Waals surface area contributed by atoms with Gasteiger partial charge < -0.3 is 5.32 Å². The molecule has 0 aliphatic heterocycles. The van der Waals surface area contributed by atoms with E-state index >= 15 is 0 Å². The molecule has 1 aromatic carbocycles. The molecule has 110 valence electrons. The Labute approximate surface area is 125 Å². The Bertz CT molecular complexity index is 647. The van der Waals surface area contributed by atoms with Gasteiger partial charge in [0.05, 0.1) is 12.2 Å². The molecule has 0 bridgehead atoms. The number of amides is 1. The van der Waals surface area contributed by atoms with Crippen molar-refractivity contribution < 1.29 is 4.79 Å². The van der Waals surface area contributed by atoms with Gasteiger partial charge in [-0.3, -0.25) is 9.48 Å². The summed E-state index contributed by atoms with van der Waals surface area (Å²) in [6, 6.07) is 8.56. The van der Waals surface area contributed by atoms with Crippen molar-refractivity contribution in [3.63, 3.8) is 0 Å². The maximum atomic E-state index is 12.2. The van der Waals surface area contributed by atoms with Gasteiger partial charge in [-0.15, -0.1) is 0 Å². The van der Waals surface area contributed by atoms with E-state index in [0.29, 0.717) is 12.3 Å². The van der Waals surface area contributed by atoms with Crippen LogP contribution in [0.25, 0.3) is 0 Å². The number of hydrogen-bond donors (Lipinski definition) is 1. The van der Waals surface area contributed by atoms with E-state index in [0.717, 1.165) is 18.4 Å². The summed E-state index contributed by atoms with van der Waals surface area (Å²) in [4.78, 5) is 12.2. The standard InChI is InChI=1S/C17H21N3O/c1-12-9-14-5-3-4-6-15(14)17(12)19-16(21)8-7-13-10-18-20(2)11-13/h3-6,10-12,17H,7-9H2,1-2H3,(H,19,21). The highest BCUT2D eigenvalue weighted by atomic mass is 16.1. The van der Waals surface area contributed by atoms with Crippen LogP contribution in [0.5, 0.6) is 0 Å². The minimum atomic E-state index is 0.118. The third-order valence-electron chi connectivity index (χ3n) is 4.22. The third-order valence-corrected chi connectivity index (χ3v) is 4.22. The van der Waals surface area contributed by atoms with E-state index in [4.69, 9.17) is 0 Å². The number of carbonyl (C=O) groups excluding carboxylic acids is 1. The molecule has 1 N–H and O–H groups in total. The van der Waals surface area contributed by atoms with E-state index in [9.17, 15) is 4.79 Å². The summed E-state index contributed by atoms with van der Waals surface area (Å²) in [6.45, 7) is 2.20. The molecule has 0 saturated heterocycles. The van der Waals surface area contributed by atoms with Crippen molar-refractivity contribution in [1.82, 2.24) is 15.1 Å². The lowest BCUT2D eigenvalue weighted by atomic mass is 10.0. The van der Waals surface area contributed by atoms with Crippen molar-refractivity contribution in [3.8, 4) is 0 Å². The summed E-state index contributed by atoms with van der Waals surface area (Å²) in [6.07, 6.45) is 6.07. The summed E-state index contributed by atoms with van der Waals surface area (Å²) < 4.78 is 1.77. The average molecular weight is 283 g/mol.